The second kappa shape index (κ2) is 14.6. The van der Waals surface area contributed by atoms with Crippen LogP contribution in [-0.2, 0) is 20.9 Å². The number of nitrogens with one attached hydrogen (secondary N) is 2. The highest BCUT2D eigenvalue weighted by molar-refractivity contribution is 8.00. The lowest BCUT2D eigenvalue weighted by Gasteiger charge is -2.38. The summed E-state index contributed by atoms with van der Waals surface area (Å²) in [6.45, 7) is 6.65. The van der Waals surface area contributed by atoms with Crippen LogP contribution in [0.1, 0.15) is 62.4 Å². The van der Waals surface area contributed by atoms with E-state index in [0.29, 0.717) is 48.1 Å². The van der Waals surface area contributed by atoms with Gasteiger partial charge in [0.2, 0.25) is 5.91 Å². The van der Waals surface area contributed by atoms with Gasteiger partial charge in [0, 0.05) is 41.4 Å². The molecule has 4 amide bonds. The Hall–Kier alpha value is -4.10. The number of thioether (sulfide) groups is 1. The van der Waals surface area contributed by atoms with Crippen molar-refractivity contribution in [3.63, 3.8) is 0 Å². The van der Waals surface area contributed by atoms with Crippen LogP contribution in [0, 0.1) is 5.92 Å². The third-order valence-electron chi connectivity index (χ3n) is 8.44. The lowest BCUT2D eigenvalue weighted by Crippen LogP contribution is -2.51. The summed E-state index contributed by atoms with van der Waals surface area (Å²) in [5, 5.41) is 7.90. The number of piperidine rings is 1. The summed E-state index contributed by atoms with van der Waals surface area (Å²) in [7, 11) is 0. The van der Waals surface area contributed by atoms with Crippen molar-refractivity contribution in [2.24, 2.45) is 5.92 Å². The van der Waals surface area contributed by atoms with Gasteiger partial charge in [-0.15, -0.1) is 23.1 Å². The van der Waals surface area contributed by atoms with Crippen molar-refractivity contribution in [1.29, 1.82) is 0 Å². The predicted molar refractivity (Wildman–Crippen MR) is 186 cm³/mol. The molecular weight excluding hydrogens is 651 g/mol. The Bertz CT molecular complexity index is 1610. The molecule has 254 valence electrons. The molecule has 11 nitrogen and oxygen atoms in total. The Labute approximate surface area is 288 Å². The smallest absolute Gasteiger partial charge is 0.411 e. The topological polar surface area (TPSA) is 130 Å². The van der Waals surface area contributed by atoms with Crippen molar-refractivity contribution in [1.82, 2.24) is 20.1 Å². The van der Waals surface area contributed by atoms with Crippen molar-refractivity contribution in [3.05, 3.63) is 71.1 Å². The number of benzene rings is 2. The van der Waals surface area contributed by atoms with Gasteiger partial charge in [0.25, 0.3) is 5.91 Å². The van der Waals surface area contributed by atoms with Crippen LogP contribution in [0.25, 0.3) is 11.3 Å². The van der Waals surface area contributed by atoms with Gasteiger partial charge in [0.05, 0.1) is 11.1 Å². The monoisotopic (exact) mass is 691 g/mol. The van der Waals surface area contributed by atoms with Crippen LogP contribution in [0.15, 0.2) is 60.0 Å². The van der Waals surface area contributed by atoms with E-state index in [9.17, 15) is 19.2 Å². The molecule has 3 aromatic rings. The molecule has 0 radical (unpaired) electrons. The van der Waals surface area contributed by atoms with Gasteiger partial charge in [0.15, 0.2) is 5.13 Å². The summed E-state index contributed by atoms with van der Waals surface area (Å²) in [6.07, 6.45) is 2.51. The highest BCUT2D eigenvalue weighted by Crippen LogP contribution is 2.40. The molecule has 3 aliphatic rings. The number of anilines is 1. The summed E-state index contributed by atoms with van der Waals surface area (Å²) in [5.74, 6) is 0.0621. The van der Waals surface area contributed by atoms with Gasteiger partial charge in [-0.3, -0.25) is 14.5 Å². The quantitative estimate of drug-likeness (QED) is 0.279. The van der Waals surface area contributed by atoms with Crippen LogP contribution in [0.2, 0.25) is 0 Å². The molecule has 6 rings (SSSR count). The maximum absolute atomic E-state index is 13.7. The van der Waals surface area contributed by atoms with E-state index in [-0.39, 0.29) is 41.8 Å². The SMILES string of the molecule is CC(C)(C)OC(=O)N1CCC([C@H]2SCC(C(=O)Nc3nc(-c4ccc(C(=O)NC5CC5)cc4)cs3)N2C(=O)OCc2ccccc2)CC1. The molecule has 0 spiro atoms. The molecular formula is C35H41N5O6S2. The van der Waals surface area contributed by atoms with Gasteiger partial charge in [-0.25, -0.2) is 14.6 Å². The summed E-state index contributed by atoms with van der Waals surface area (Å²) in [6, 6.07) is 16.2. The highest BCUT2D eigenvalue weighted by Gasteiger charge is 2.47. The van der Waals surface area contributed by atoms with Gasteiger partial charge < -0.3 is 25.0 Å². The number of thiazole rings is 1. The van der Waals surface area contributed by atoms with E-state index in [1.807, 2.05) is 68.6 Å². The molecule has 1 aliphatic carbocycles. The van der Waals surface area contributed by atoms with Crippen LogP contribution in [-0.4, -0.2) is 80.7 Å². The molecule has 2 N–H and O–H groups in total. The van der Waals surface area contributed by atoms with E-state index in [2.05, 4.69) is 15.6 Å². The lowest BCUT2D eigenvalue weighted by molar-refractivity contribution is -0.120. The van der Waals surface area contributed by atoms with E-state index in [0.717, 1.165) is 24.0 Å². The van der Waals surface area contributed by atoms with E-state index in [1.165, 1.54) is 11.3 Å². The molecule has 2 aromatic carbocycles. The first-order valence-electron chi connectivity index (χ1n) is 16.3. The van der Waals surface area contributed by atoms with Crippen LogP contribution in [0.3, 0.4) is 0 Å². The van der Waals surface area contributed by atoms with Crippen molar-refractivity contribution in [3.8, 4) is 11.3 Å². The fourth-order valence-corrected chi connectivity index (χ4v) is 8.10. The van der Waals surface area contributed by atoms with Gasteiger partial charge in [-0.2, -0.15) is 0 Å². The maximum Gasteiger partial charge on any atom is 0.411 e. The largest absolute Gasteiger partial charge is 0.445 e. The number of aromatic nitrogens is 1. The standard InChI is InChI=1S/C35H41N5O6S2/c1-35(2,3)46-33(43)39-17-15-25(16-18-39)31-40(34(44)45-19-22-7-5-4-6-8-22)28(21-47-31)30(42)38-32-37-27(20-48-32)23-9-11-24(12-10-23)29(41)36-26-13-14-26/h4-12,20,25-26,28,31H,13-19,21H2,1-3H3,(H,36,41)(H,37,38,42)/t28?,31-/m1/s1. The second-order valence-corrected chi connectivity index (χ2v) is 15.4. The number of hydrogen-bond donors (Lipinski definition) is 2. The molecule has 2 saturated heterocycles. The van der Waals surface area contributed by atoms with Gasteiger partial charge in [-0.1, -0.05) is 42.5 Å². The van der Waals surface area contributed by atoms with Crippen LogP contribution in [0.4, 0.5) is 14.7 Å². The molecule has 0 bridgehead atoms. The summed E-state index contributed by atoms with van der Waals surface area (Å²) < 4.78 is 11.3. The number of ether oxygens (including phenoxy) is 2. The summed E-state index contributed by atoms with van der Waals surface area (Å²) in [4.78, 5) is 60.4. The Morgan fingerprint density at radius 1 is 0.938 bits per heavy atom. The molecule has 13 heteroatoms. The third-order valence-corrected chi connectivity index (χ3v) is 10.7. The molecule has 1 saturated carbocycles. The average Bonchev–Trinajstić information content (AvgIpc) is 3.57. The van der Waals surface area contributed by atoms with Crippen molar-refractivity contribution < 1.29 is 28.7 Å². The fraction of sp³-hybridized carbons (Fsp3) is 0.457. The first-order chi connectivity index (χ1) is 23.0. The number of amides is 4. The maximum atomic E-state index is 13.7. The van der Waals surface area contributed by atoms with Crippen LogP contribution < -0.4 is 10.6 Å². The minimum Gasteiger partial charge on any atom is -0.445 e. The molecule has 48 heavy (non-hydrogen) atoms. The normalized spacial score (nSPS) is 19.9. The molecule has 2 aliphatic heterocycles. The number of carbonyl (C=O) groups excluding carboxylic acids is 4. The molecule has 3 fully saturated rings. The summed E-state index contributed by atoms with van der Waals surface area (Å²) >= 11 is 2.86. The first-order valence-corrected chi connectivity index (χ1v) is 18.2. The number of nitrogens with zero attached hydrogens (tertiary/aromatic N) is 3. The molecule has 2 atom stereocenters. The number of likely N-dealkylation sites (tertiary alicyclic amines) is 1. The fourth-order valence-electron chi connectivity index (χ4n) is 5.75. The number of rotatable bonds is 8. The molecule has 3 heterocycles. The molecule has 1 aromatic heterocycles. The van der Waals surface area contributed by atoms with Gasteiger partial charge in [0.1, 0.15) is 18.2 Å². The number of carbonyl (C=O) groups is 4. The first kappa shape index (κ1) is 33.8. The van der Waals surface area contributed by atoms with Crippen molar-refractivity contribution in [2.75, 3.05) is 24.2 Å². The van der Waals surface area contributed by atoms with E-state index in [4.69, 9.17) is 9.47 Å². The Kier molecular flexibility index (Phi) is 10.3. The minimum atomic E-state index is -0.760. The van der Waals surface area contributed by atoms with Crippen LogP contribution >= 0.6 is 23.1 Å². The lowest BCUT2D eigenvalue weighted by atomic mass is 9.95. The molecule has 1 unspecified atom stereocenters. The minimum absolute atomic E-state index is 0.0663. The van der Waals surface area contributed by atoms with E-state index < -0.39 is 17.7 Å². The number of hydrogen-bond acceptors (Lipinski definition) is 9. The third kappa shape index (κ3) is 8.48. The van der Waals surface area contributed by atoms with Gasteiger partial charge >= 0.3 is 12.2 Å². The van der Waals surface area contributed by atoms with Crippen LogP contribution in [0.5, 0.6) is 0 Å². The van der Waals surface area contributed by atoms with Crippen molar-refractivity contribution in [2.45, 2.75) is 76.1 Å². The Morgan fingerprint density at radius 3 is 2.31 bits per heavy atom. The summed E-state index contributed by atoms with van der Waals surface area (Å²) in [5.41, 5.74) is 2.38. The Morgan fingerprint density at radius 2 is 1.65 bits per heavy atom. The average molecular weight is 692 g/mol. The predicted octanol–water partition coefficient (Wildman–Crippen LogP) is 6.37. The van der Waals surface area contributed by atoms with Crippen molar-refractivity contribution >= 4 is 52.2 Å². The Balaban J connectivity index is 1.12. The second-order valence-electron chi connectivity index (χ2n) is 13.3. The van der Waals surface area contributed by atoms with E-state index >= 15 is 0 Å². The zero-order valence-electron chi connectivity index (χ0n) is 27.3. The zero-order chi connectivity index (χ0) is 33.8. The zero-order valence-corrected chi connectivity index (χ0v) is 29.0. The highest BCUT2D eigenvalue weighted by atomic mass is 32.2. The van der Waals surface area contributed by atoms with E-state index in [1.54, 1.807) is 33.7 Å². The van der Waals surface area contributed by atoms with Gasteiger partial charge in [-0.05, 0) is 70.1 Å².